The van der Waals surface area contributed by atoms with Crippen molar-refractivity contribution in [2.45, 2.75) is 101 Å². The molecule has 0 aromatic heterocycles. The van der Waals surface area contributed by atoms with Crippen molar-refractivity contribution in [3.63, 3.8) is 0 Å². The molecule has 0 saturated heterocycles. The van der Waals surface area contributed by atoms with Gasteiger partial charge in [0.25, 0.3) is 0 Å². The van der Waals surface area contributed by atoms with Gasteiger partial charge in [-0.15, -0.1) is 0 Å². The van der Waals surface area contributed by atoms with Crippen LogP contribution < -0.4 is 0 Å². The SMILES string of the molecule is CCCCCCC[CH2][GaH][CH2]CCCCCCC. The Morgan fingerprint density at radius 2 is 0.824 bits per heavy atom. The van der Waals surface area contributed by atoms with Crippen molar-refractivity contribution in [3.05, 3.63) is 0 Å². The zero-order valence-electron chi connectivity index (χ0n) is 12.6. The van der Waals surface area contributed by atoms with Crippen LogP contribution in [0.2, 0.25) is 9.95 Å². The fraction of sp³-hybridized carbons (Fsp3) is 1.00. The van der Waals surface area contributed by atoms with Crippen LogP contribution in [0.25, 0.3) is 0 Å². The summed E-state index contributed by atoms with van der Waals surface area (Å²) in [5, 5.41) is 0. The summed E-state index contributed by atoms with van der Waals surface area (Å²) in [4.78, 5) is 3.35. The average molecular weight is 297 g/mol. The summed E-state index contributed by atoms with van der Waals surface area (Å²) in [6, 6.07) is 0. The first-order valence-electron chi connectivity index (χ1n) is 8.41. The Labute approximate surface area is 118 Å². The van der Waals surface area contributed by atoms with E-state index in [1.165, 1.54) is 64.2 Å². The van der Waals surface area contributed by atoms with E-state index in [0.717, 1.165) is 0 Å². The predicted molar refractivity (Wildman–Crippen MR) is 83.5 cm³/mol. The second-order valence-corrected chi connectivity index (χ2v) is 10.0. The summed E-state index contributed by atoms with van der Waals surface area (Å²) >= 11 is -0.0720. The van der Waals surface area contributed by atoms with Crippen molar-refractivity contribution in [1.82, 2.24) is 0 Å². The fourth-order valence-corrected chi connectivity index (χ4v) is 6.15. The second kappa shape index (κ2) is 16.6. The van der Waals surface area contributed by atoms with E-state index < -0.39 is 0 Å². The minimum absolute atomic E-state index is 0.0720. The van der Waals surface area contributed by atoms with Crippen LogP contribution in [0.15, 0.2) is 0 Å². The minimum atomic E-state index is -0.0720. The van der Waals surface area contributed by atoms with Gasteiger partial charge in [0, 0.05) is 0 Å². The van der Waals surface area contributed by atoms with Gasteiger partial charge in [-0.2, -0.15) is 0 Å². The molecule has 0 amide bonds. The van der Waals surface area contributed by atoms with Crippen molar-refractivity contribution < 1.29 is 0 Å². The summed E-state index contributed by atoms with van der Waals surface area (Å²) in [5.41, 5.74) is 0. The van der Waals surface area contributed by atoms with Crippen molar-refractivity contribution in [3.8, 4) is 0 Å². The third-order valence-electron chi connectivity index (χ3n) is 3.71. The predicted octanol–water partition coefficient (Wildman–Crippen LogP) is 5.98. The maximum absolute atomic E-state index is 2.30. The van der Waals surface area contributed by atoms with Gasteiger partial charge in [0.2, 0.25) is 0 Å². The zero-order chi connectivity index (χ0) is 12.6. The van der Waals surface area contributed by atoms with Crippen molar-refractivity contribution in [1.29, 1.82) is 0 Å². The van der Waals surface area contributed by atoms with Gasteiger partial charge >= 0.3 is 118 Å². The molecule has 17 heavy (non-hydrogen) atoms. The molecule has 0 aromatic rings. The van der Waals surface area contributed by atoms with E-state index in [0.29, 0.717) is 0 Å². The van der Waals surface area contributed by atoms with Crippen LogP contribution >= 0.6 is 0 Å². The van der Waals surface area contributed by atoms with Gasteiger partial charge < -0.3 is 0 Å². The first kappa shape index (κ1) is 17.6. The molecule has 0 aliphatic heterocycles. The molecule has 0 N–H and O–H groups in total. The Balaban J connectivity index is 2.85. The van der Waals surface area contributed by atoms with Crippen LogP contribution in [-0.2, 0) is 0 Å². The van der Waals surface area contributed by atoms with E-state index in [-0.39, 0.29) is 17.4 Å². The van der Waals surface area contributed by atoms with Gasteiger partial charge in [0.15, 0.2) is 0 Å². The van der Waals surface area contributed by atoms with E-state index in [4.69, 9.17) is 0 Å². The summed E-state index contributed by atoms with van der Waals surface area (Å²) < 4.78 is 0. The Morgan fingerprint density at radius 3 is 1.24 bits per heavy atom. The molecule has 0 saturated carbocycles. The van der Waals surface area contributed by atoms with E-state index in [9.17, 15) is 0 Å². The normalized spacial score (nSPS) is 10.7. The van der Waals surface area contributed by atoms with Gasteiger partial charge in [-0.3, -0.25) is 0 Å². The number of hydrogen-bond acceptors (Lipinski definition) is 0. The summed E-state index contributed by atoms with van der Waals surface area (Å²) in [7, 11) is 0. The van der Waals surface area contributed by atoms with E-state index in [1.807, 2.05) is 0 Å². The number of rotatable bonds is 14. The molecular formula is C16H35Ga. The van der Waals surface area contributed by atoms with Gasteiger partial charge in [0.1, 0.15) is 0 Å². The molecule has 0 aromatic carbocycles. The first-order chi connectivity index (χ1) is 8.41. The molecule has 0 aliphatic carbocycles. The molecule has 0 fully saturated rings. The molecule has 0 spiro atoms. The molecule has 0 unspecified atom stereocenters. The third-order valence-corrected chi connectivity index (χ3v) is 7.90. The molecule has 0 bridgehead atoms. The topological polar surface area (TPSA) is 0 Å². The van der Waals surface area contributed by atoms with Crippen LogP contribution in [0.5, 0.6) is 0 Å². The molecule has 0 aliphatic rings. The van der Waals surface area contributed by atoms with Crippen LogP contribution in [0, 0.1) is 0 Å². The molecule has 0 rings (SSSR count). The zero-order valence-corrected chi connectivity index (χ0v) is 15.6. The van der Waals surface area contributed by atoms with E-state index in [2.05, 4.69) is 13.8 Å². The van der Waals surface area contributed by atoms with Crippen molar-refractivity contribution in [2.75, 3.05) is 0 Å². The van der Waals surface area contributed by atoms with Crippen LogP contribution in [0.3, 0.4) is 0 Å². The van der Waals surface area contributed by atoms with Gasteiger partial charge in [0.05, 0.1) is 0 Å². The fourth-order valence-electron chi connectivity index (χ4n) is 2.44. The van der Waals surface area contributed by atoms with Crippen LogP contribution in [0.4, 0.5) is 0 Å². The summed E-state index contributed by atoms with van der Waals surface area (Å²) in [5.74, 6) is 0. The van der Waals surface area contributed by atoms with Gasteiger partial charge in [-0.25, -0.2) is 0 Å². The van der Waals surface area contributed by atoms with E-state index >= 15 is 0 Å². The molecule has 0 nitrogen and oxygen atoms in total. The van der Waals surface area contributed by atoms with Gasteiger partial charge in [-0.1, -0.05) is 0 Å². The Kier molecular flexibility index (Phi) is 17.3. The van der Waals surface area contributed by atoms with Crippen LogP contribution in [-0.4, -0.2) is 17.4 Å². The Hall–Kier alpha value is 0.636. The number of hydrogen-bond donors (Lipinski definition) is 0. The molecule has 0 radical (unpaired) electrons. The first-order valence-corrected chi connectivity index (χ1v) is 12.6. The second-order valence-electron chi connectivity index (χ2n) is 5.60. The Morgan fingerprint density at radius 1 is 0.471 bits per heavy atom. The average Bonchev–Trinajstić information content (AvgIpc) is 2.35. The molecule has 0 atom stereocenters. The summed E-state index contributed by atoms with van der Waals surface area (Å²) in [6.45, 7) is 4.60. The van der Waals surface area contributed by atoms with Crippen molar-refractivity contribution >= 4 is 17.4 Å². The molecule has 0 heterocycles. The van der Waals surface area contributed by atoms with Crippen molar-refractivity contribution in [2.24, 2.45) is 0 Å². The van der Waals surface area contributed by atoms with Crippen LogP contribution in [0.1, 0.15) is 90.9 Å². The third kappa shape index (κ3) is 16.6. The van der Waals surface area contributed by atoms with Gasteiger partial charge in [-0.05, 0) is 0 Å². The Bertz CT molecular complexity index is 109. The standard InChI is InChI=1S/2C8H17.Ga.H/c2*1-3-5-7-8-6-4-2;;/h2*1,3-8H2,2H3;;. The number of unbranched alkanes of at least 4 members (excludes halogenated alkanes) is 10. The summed E-state index contributed by atoms with van der Waals surface area (Å²) in [6.07, 6.45) is 17.9. The van der Waals surface area contributed by atoms with E-state index in [1.54, 1.807) is 22.8 Å². The molecule has 102 valence electrons. The quantitative estimate of drug-likeness (QED) is 0.273. The monoisotopic (exact) mass is 296 g/mol. The maximum atomic E-state index is 2.30. The molecule has 1 heteroatoms. The molecular weight excluding hydrogens is 262 g/mol.